The maximum Gasteiger partial charge on any atom is 0.401 e. The van der Waals surface area contributed by atoms with Crippen molar-refractivity contribution in [3.63, 3.8) is 0 Å². The van der Waals surface area contributed by atoms with Crippen molar-refractivity contribution in [2.24, 2.45) is 5.73 Å². The van der Waals surface area contributed by atoms with Crippen molar-refractivity contribution >= 4 is 0 Å². The molecule has 1 saturated carbocycles. The van der Waals surface area contributed by atoms with Crippen LogP contribution in [0.1, 0.15) is 25.7 Å². The first-order valence-corrected chi connectivity index (χ1v) is 6.67. The molecule has 0 radical (unpaired) electrons. The third-order valence-corrected chi connectivity index (χ3v) is 4.14. The summed E-state index contributed by atoms with van der Waals surface area (Å²) in [6.07, 6.45) is 0.319. The highest BCUT2D eigenvalue weighted by atomic mass is 19.4. The lowest BCUT2D eigenvalue weighted by atomic mass is 9.75. The summed E-state index contributed by atoms with van der Waals surface area (Å²) in [6, 6.07) is 0. The number of nitrogens with zero attached hydrogens (tertiary/aromatic N) is 2. The van der Waals surface area contributed by atoms with E-state index in [0.29, 0.717) is 13.1 Å². The van der Waals surface area contributed by atoms with E-state index in [9.17, 15) is 13.2 Å². The van der Waals surface area contributed by atoms with Gasteiger partial charge in [-0.15, -0.1) is 0 Å². The van der Waals surface area contributed by atoms with E-state index in [1.165, 1.54) is 11.3 Å². The number of piperazine rings is 1. The van der Waals surface area contributed by atoms with Gasteiger partial charge < -0.3 is 10.6 Å². The van der Waals surface area contributed by atoms with Gasteiger partial charge in [0.25, 0.3) is 0 Å². The lowest BCUT2D eigenvalue weighted by Gasteiger charge is -2.41. The second kappa shape index (κ2) is 5.35. The summed E-state index contributed by atoms with van der Waals surface area (Å²) < 4.78 is 36.7. The second-order valence-corrected chi connectivity index (χ2v) is 5.70. The predicted octanol–water partition coefficient (Wildman–Crippen LogP) is 1.44. The number of nitrogens with two attached hydrogens (primary N) is 1. The Kier molecular flexibility index (Phi) is 4.18. The summed E-state index contributed by atoms with van der Waals surface area (Å²) in [6.45, 7) is 2.63. The van der Waals surface area contributed by atoms with Gasteiger partial charge in [0.15, 0.2) is 0 Å². The highest BCUT2D eigenvalue weighted by Crippen LogP contribution is 2.32. The van der Waals surface area contributed by atoms with Crippen molar-refractivity contribution in [1.29, 1.82) is 0 Å². The number of halogens is 3. The largest absolute Gasteiger partial charge is 0.401 e. The minimum atomic E-state index is -4.07. The van der Waals surface area contributed by atoms with Gasteiger partial charge >= 0.3 is 6.18 Å². The number of rotatable bonds is 4. The zero-order chi connectivity index (χ0) is 13.2. The normalized spacial score (nSPS) is 26.0. The standard InChI is InChI=1S/C12H22F3N3/c13-12(14,15)10-18-8-6-17(7-9-18)5-4-11(16)2-1-3-11/h1-10,16H2. The molecular weight excluding hydrogens is 243 g/mol. The molecule has 0 amide bonds. The quantitative estimate of drug-likeness (QED) is 0.835. The molecule has 0 spiro atoms. The molecule has 0 aromatic carbocycles. The molecule has 6 heteroatoms. The molecule has 1 aliphatic heterocycles. The van der Waals surface area contributed by atoms with Crippen molar-refractivity contribution < 1.29 is 13.2 Å². The van der Waals surface area contributed by atoms with Gasteiger partial charge in [-0.1, -0.05) is 0 Å². The van der Waals surface area contributed by atoms with Crippen LogP contribution < -0.4 is 5.73 Å². The Balaban J connectivity index is 1.64. The summed E-state index contributed by atoms with van der Waals surface area (Å²) in [5.41, 5.74) is 6.16. The van der Waals surface area contributed by atoms with Crippen molar-refractivity contribution in [3.8, 4) is 0 Å². The van der Waals surface area contributed by atoms with E-state index in [2.05, 4.69) is 4.90 Å². The monoisotopic (exact) mass is 265 g/mol. The Morgan fingerprint density at radius 3 is 2.00 bits per heavy atom. The minimum absolute atomic E-state index is 0.0170. The smallest absolute Gasteiger partial charge is 0.325 e. The molecule has 0 aromatic heterocycles. The highest BCUT2D eigenvalue weighted by Gasteiger charge is 2.34. The molecular formula is C12H22F3N3. The molecule has 1 aliphatic carbocycles. The molecule has 1 heterocycles. The number of hydrogen-bond donors (Lipinski definition) is 1. The first-order chi connectivity index (χ1) is 8.36. The van der Waals surface area contributed by atoms with Crippen LogP contribution in [-0.4, -0.2) is 60.8 Å². The minimum Gasteiger partial charge on any atom is -0.325 e. The molecule has 106 valence electrons. The van der Waals surface area contributed by atoms with Gasteiger partial charge in [0.05, 0.1) is 6.54 Å². The van der Waals surface area contributed by atoms with E-state index in [-0.39, 0.29) is 5.54 Å². The first kappa shape index (κ1) is 14.1. The molecule has 0 unspecified atom stereocenters. The second-order valence-electron chi connectivity index (χ2n) is 5.70. The van der Waals surface area contributed by atoms with Crippen LogP contribution in [-0.2, 0) is 0 Å². The molecule has 18 heavy (non-hydrogen) atoms. The molecule has 0 bridgehead atoms. The van der Waals surface area contributed by atoms with E-state index < -0.39 is 12.7 Å². The Morgan fingerprint density at radius 2 is 1.56 bits per heavy atom. The van der Waals surface area contributed by atoms with Crippen LogP contribution >= 0.6 is 0 Å². The third kappa shape index (κ3) is 4.10. The molecule has 0 aromatic rings. The van der Waals surface area contributed by atoms with Gasteiger partial charge in [-0.2, -0.15) is 13.2 Å². The lowest BCUT2D eigenvalue weighted by Crippen LogP contribution is -2.52. The van der Waals surface area contributed by atoms with E-state index in [0.717, 1.165) is 38.9 Å². The molecule has 2 N–H and O–H groups in total. The lowest BCUT2D eigenvalue weighted by molar-refractivity contribution is -0.149. The zero-order valence-electron chi connectivity index (χ0n) is 10.7. The SMILES string of the molecule is NC1(CCN2CCN(CC(F)(F)F)CC2)CCC1. The fourth-order valence-electron chi connectivity index (χ4n) is 2.69. The van der Waals surface area contributed by atoms with E-state index in [1.807, 2.05) is 0 Å². The van der Waals surface area contributed by atoms with Crippen LogP contribution in [0.3, 0.4) is 0 Å². The highest BCUT2D eigenvalue weighted by molar-refractivity contribution is 4.93. The van der Waals surface area contributed by atoms with Crippen LogP contribution in [0.15, 0.2) is 0 Å². The van der Waals surface area contributed by atoms with Crippen LogP contribution in [0.2, 0.25) is 0 Å². The van der Waals surface area contributed by atoms with Crippen LogP contribution in [0.5, 0.6) is 0 Å². The summed E-state index contributed by atoms with van der Waals surface area (Å²) in [4.78, 5) is 3.72. The zero-order valence-corrected chi connectivity index (χ0v) is 10.7. The first-order valence-electron chi connectivity index (χ1n) is 6.67. The van der Waals surface area contributed by atoms with Crippen molar-refractivity contribution in [1.82, 2.24) is 9.80 Å². The molecule has 2 aliphatic rings. The Labute approximate surface area is 106 Å². The van der Waals surface area contributed by atoms with Crippen LogP contribution in [0, 0.1) is 0 Å². The van der Waals surface area contributed by atoms with Gasteiger partial charge in [-0.25, -0.2) is 0 Å². The fourth-order valence-corrected chi connectivity index (χ4v) is 2.69. The predicted molar refractivity (Wildman–Crippen MR) is 64.3 cm³/mol. The molecule has 2 fully saturated rings. The Hall–Kier alpha value is -0.330. The summed E-state index contributed by atoms with van der Waals surface area (Å²) in [5.74, 6) is 0. The maximum atomic E-state index is 12.2. The van der Waals surface area contributed by atoms with E-state index in [4.69, 9.17) is 5.73 Å². The Morgan fingerprint density at radius 1 is 1.00 bits per heavy atom. The topological polar surface area (TPSA) is 32.5 Å². The molecule has 2 rings (SSSR count). The van der Waals surface area contributed by atoms with Gasteiger partial charge in [0.1, 0.15) is 0 Å². The average molecular weight is 265 g/mol. The summed E-state index contributed by atoms with van der Waals surface area (Å²) in [5, 5.41) is 0. The summed E-state index contributed by atoms with van der Waals surface area (Å²) >= 11 is 0. The van der Waals surface area contributed by atoms with Crippen LogP contribution in [0.4, 0.5) is 13.2 Å². The fraction of sp³-hybridized carbons (Fsp3) is 1.00. The number of alkyl halides is 3. The number of hydrogen-bond acceptors (Lipinski definition) is 3. The Bertz CT molecular complexity index is 268. The summed E-state index contributed by atoms with van der Waals surface area (Å²) in [7, 11) is 0. The van der Waals surface area contributed by atoms with Gasteiger partial charge in [-0.05, 0) is 32.2 Å². The maximum absolute atomic E-state index is 12.2. The van der Waals surface area contributed by atoms with Crippen molar-refractivity contribution in [2.45, 2.75) is 37.4 Å². The molecule has 0 atom stereocenters. The van der Waals surface area contributed by atoms with Gasteiger partial charge in [0.2, 0.25) is 0 Å². The van der Waals surface area contributed by atoms with Crippen LogP contribution in [0.25, 0.3) is 0 Å². The van der Waals surface area contributed by atoms with Crippen molar-refractivity contribution in [3.05, 3.63) is 0 Å². The van der Waals surface area contributed by atoms with E-state index >= 15 is 0 Å². The molecule has 3 nitrogen and oxygen atoms in total. The van der Waals surface area contributed by atoms with Crippen molar-refractivity contribution in [2.75, 3.05) is 39.3 Å². The van der Waals surface area contributed by atoms with Gasteiger partial charge in [-0.3, -0.25) is 4.90 Å². The molecule has 1 saturated heterocycles. The van der Waals surface area contributed by atoms with Gasteiger partial charge in [0, 0.05) is 31.7 Å². The third-order valence-electron chi connectivity index (χ3n) is 4.14. The average Bonchev–Trinajstić information content (AvgIpc) is 2.23. The van der Waals surface area contributed by atoms with E-state index in [1.54, 1.807) is 0 Å².